The summed E-state index contributed by atoms with van der Waals surface area (Å²) in [5, 5.41) is 5.50. The van der Waals surface area contributed by atoms with Crippen LogP contribution in [-0.4, -0.2) is 28.9 Å². The van der Waals surface area contributed by atoms with E-state index in [1.165, 1.54) is 6.33 Å². The second-order valence-electron chi connectivity index (χ2n) is 5.72. The molecule has 8 heteroatoms. The predicted molar refractivity (Wildman–Crippen MR) is 106 cm³/mol. The minimum atomic E-state index is -0.475. The van der Waals surface area contributed by atoms with Crippen LogP contribution < -0.4 is 15.4 Å². The standard InChI is InChI=1S/C19H17BrN4O3/c1-11-3-4-12(20)9-15(11)24-19(26)17-16(21-10-22-17)18(25)23-13-5-7-14(27-2)8-6-13/h3-10H,1-2H3,(H,21,22)(H,23,25)(H,24,26). The number of imidazole rings is 1. The van der Waals surface area contributed by atoms with Crippen LogP contribution in [0.1, 0.15) is 26.5 Å². The number of amides is 2. The molecule has 138 valence electrons. The average molecular weight is 429 g/mol. The van der Waals surface area contributed by atoms with Gasteiger partial charge in [0.15, 0.2) is 5.69 Å². The molecule has 0 fully saturated rings. The molecule has 0 atom stereocenters. The Bertz CT molecular complexity index is 983. The Labute approximate surface area is 164 Å². The minimum absolute atomic E-state index is 0.0142. The van der Waals surface area contributed by atoms with Crippen molar-refractivity contribution in [1.29, 1.82) is 0 Å². The van der Waals surface area contributed by atoms with Gasteiger partial charge in [-0.05, 0) is 48.9 Å². The van der Waals surface area contributed by atoms with Crippen LogP contribution in [0.2, 0.25) is 0 Å². The van der Waals surface area contributed by atoms with Crippen LogP contribution in [0, 0.1) is 6.92 Å². The van der Waals surface area contributed by atoms with Crippen LogP contribution in [0.15, 0.2) is 53.3 Å². The molecule has 2 aromatic carbocycles. The van der Waals surface area contributed by atoms with Gasteiger partial charge in [-0.1, -0.05) is 22.0 Å². The molecule has 27 heavy (non-hydrogen) atoms. The summed E-state index contributed by atoms with van der Waals surface area (Å²) in [5.74, 6) is -0.259. The lowest BCUT2D eigenvalue weighted by atomic mass is 10.2. The number of hydrogen-bond acceptors (Lipinski definition) is 4. The number of carbonyl (C=O) groups excluding carboxylic acids is 2. The molecule has 0 aliphatic heterocycles. The van der Waals surface area contributed by atoms with Crippen molar-refractivity contribution in [2.24, 2.45) is 0 Å². The summed E-state index contributed by atoms with van der Waals surface area (Å²) < 4.78 is 5.92. The van der Waals surface area contributed by atoms with Gasteiger partial charge in [0.1, 0.15) is 11.4 Å². The Hall–Kier alpha value is -3.13. The maximum Gasteiger partial charge on any atom is 0.276 e. The smallest absolute Gasteiger partial charge is 0.276 e. The number of nitrogens with zero attached hydrogens (tertiary/aromatic N) is 1. The van der Waals surface area contributed by atoms with Crippen molar-refractivity contribution in [3.8, 4) is 5.75 Å². The van der Waals surface area contributed by atoms with Gasteiger partial charge in [0.2, 0.25) is 0 Å². The van der Waals surface area contributed by atoms with Crippen molar-refractivity contribution < 1.29 is 14.3 Å². The first-order chi connectivity index (χ1) is 13.0. The molecule has 7 nitrogen and oxygen atoms in total. The highest BCUT2D eigenvalue weighted by molar-refractivity contribution is 9.10. The van der Waals surface area contributed by atoms with Gasteiger partial charge in [-0.25, -0.2) is 4.98 Å². The third-order valence-electron chi connectivity index (χ3n) is 3.88. The van der Waals surface area contributed by atoms with E-state index in [0.29, 0.717) is 17.1 Å². The average Bonchev–Trinajstić information content (AvgIpc) is 3.15. The molecule has 3 aromatic rings. The van der Waals surface area contributed by atoms with E-state index in [4.69, 9.17) is 4.74 Å². The van der Waals surface area contributed by atoms with Crippen LogP contribution in [-0.2, 0) is 0 Å². The minimum Gasteiger partial charge on any atom is -0.497 e. The molecule has 0 unspecified atom stereocenters. The number of ether oxygens (including phenoxy) is 1. The van der Waals surface area contributed by atoms with E-state index in [0.717, 1.165) is 10.0 Å². The number of aromatic amines is 1. The maximum absolute atomic E-state index is 12.6. The van der Waals surface area contributed by atoms with Gasteiger partial charge in [0.25, 0.3) is 11.8 Å². The number of H-pyrrole nitrogens is 1. The van der Waals surface area contributed by atoms with Gasteiger partial charge in [0, 0.05) is 15.8 Å². The van der Waals surface area contributed by atoms with E-state index >= 15 is 0 Å². The van der Waals surface area contributed by atoms with Gasteiger partial charge >= 0.3 is 0 Å². The summed E-state index contributed by atoms with van der Waals surface area (Å²) in [6.07, 6.45) is 1.31. The molecule has 0 bridgehead atoms. The van der Waals surface area contributed by atoms with Gasteiger partial charge < -0.3 is 20.4 Å². The van der Waals surface area contributed by atoms with Crippen LogP contribution in [0.5, 0.6) is 5.75 Å². The first-order valence-corrected chi connectivity index (χ1v) is 8.83. The van der Waals surface area contributed by atoms with Crippen molar-refractivity contribution in [2.75, 3.05) is 17.7 Å². The van der Waals surface area contributed by atoms with E-state index < -0.39 is 11.8 Å². The Morgan fingerprint density at radius 1 is 1.07 bits per heavy atom. The summed E-state index contributed by atoms with van der Waals surface area (Å²) in [7, 11) is 1.57. The topological polar surface area (TPSA) is 96.1 Å². The van der Waals surface area contributed by atoms with Crippen molar-refractivity contribution in [1.82, 2.24) is 9.97 Å². The highest BCUT2D eigenvalue weighted by Crippen LogP contribution is 2.22. The van der Waals surface area contributed by atoms with Crippen molar-refractivity contribution in [3.05, 3.63) is 70.2 Å². The summed E-state index contributed by atoms with van der Waals surface area (Å²) in [6, 6.07) is 12.4. The predicted octanol–water partition coefficient (Wildman–Crippen LogP) is 3.99. The second-order valence-corrected chi connectivity index (χ2v) is 6.64. The Kier molecular flexibility index (Phi) is 5.56. The van der Waals surface area contributed by atoms with Gasteiger partial charge in [-0.3, -0.25) is 9.59 Å². The number of hydrogen-bond donors (Lipinski definition) is 3. The number of carbonyl (C=O) groups is 2. The lowest BCUT2D eigenvalue weighted by Crippen LogP contribution is -2.20. The van der Waals surface area contributed by atoms with E-state index in [2.05, 4.69) is 36.5 Å². The van der Waals surface area contributed by atoms with Crippen LogP contribution in [0.4, 0.5) is 11.4 Å². The zero-order valence-electron chi connectivity index (χ0n) is 14.7. The Morgan fingerprint density at radius 2 is 1.81 bits per heavy atom. The fourth-order valence-corrected chi connectivity index (χ4v) is 2.78. The third kappa shape index (κ3) is 4.35. The first-order valence-electron chi connectivity index (χ1n) is 8.04. The molecule has 2 amide bonds. The molecule has 0 saturated heterocycles. The van der Waals surface area contributed by atoms with E-state index in [-0.39, 0.29) is 11.4 Å². The molecule has 1 aromatic heterocycles. The van der Waals surface area contributed by atoms with E-state index in [1.807, 2.05) is 19.1 Å². The quantitative estimate of drug-likeness (QED) is 0.572. The van der Waals surface area contributed by atoms with Crippen LogP contribution >= 0.6 is 15.9 Å². The van der Waals surface area contributed by atoms with Crippen LogP contribution in [0.3, 0.4) is 0 Å². The van der Waals surface area contributed by atoms with E-state index in [9.17, 15) is 9.59 Å². The summed E-state index contributed by atoms with van der Waals surface area (Å²) >= 11 is 3.37. The molecule has 0 aliphatic carbocycles. The number of rotatable bonds is 5. The summed E-state index contributed by atoms with van der Waals surface area (Å²) in [6.45, 7) is 1.88. The highest BCUT2D eigenvalue weighted by atomic mass is 79.9. The number of halogens is 1. The SMILES string of the molecule is COc1ccc(NC(=O)c2[nH]cnc2C(=O)Nc2cc(Br)ccc2C)cc1. The van der Waals surface area contributed by atoms with Gasteiger partial charge in [-0.2, -0.15) is 0 Å². The molecular weight excluding hydrogens is 412 g/mol. The Balaban J connectivity index is 1.76. The number of benzene rings is 2. The molecule has 1 heterocycles. The molecule has 0 spiro atoms. The second kappa shape index (κ2) is 8.05. The summed E-state index contributed by atoms with van der Waals surface area (Å²) in [5.41, 5.74) is 2.20. The number of aromatic nitrogens is 2. The van der Waals surface area contributed by atoms with Gasteiger partial charge in [0.05, 0.1) is 13.4 Å². The molecule has 3 rings (SSSR count). The van der Waals surface area contributed by atoms with Crippen LogP contribution in [0.25, 0.3) is 0 Å². The van der Waals surface area contributed by atoms with E-state index in [1.54, 1.807) is 37.4 Å². The Morgan fingerprint density at radius 3 is 2.52 bits per heavy atom. The maximum atomic E-state index is 12.6. The number of nitrogens with one attached hydrogen (secondary N) is 3. The molecule has 0 aliphatic rings. The largest absolute Gasteiger partial charge is 0.497 e. The van der Waals surface area contributed by atoms with Gasteiger partial charge in [-0.15, -0.1) is 0 Å². The lowest BCUT2D eigenvalue weighted by Gasteiger charge is -2.09. The van der Waals surface area contributed by atoms with Crippen molar-refractivity contribution in [2.45, 2.75) is 6.92 Å². The molecular formula is C19H17BrN4O3. The van der Waals surface area contributed by atoms with Crippen molar-refractivity contribution in [3.63, 3.8) is 0 Å². The number of aryl methyl sites for hydroxylation is 1. The summed E-state index contributed by atoms with van der Waals surface area (Å²) in [4.78, 5) is 31.8. The van der Waals surface area contributed by atoms with Crippen molar-refractivity contribution >= 4 is 39.1 Å². The number of anilines is 2. The third-order valence-corrected chi connectivity index (χ3v) is 4.37. The molecule has 3 N–H and O–H groups in total. The fraction of sp³-hybridized carbons (Fsp3) is 0.105. The normalized spacial score (nSPS) is 10.3. The first kappa shape index (κ1) is 18.7. The lowest BCUT2D eigenvalue weighted by molar-refractivity contribution is 0.0985. The monoisotopic (exact) mass is 428 g/mol. The highest BCUT2D eigenvalue weighted by Gasteiger charge is 2.21. The number of methoxy groups -OCH3 is 1. The zero-order valence-corrected chi connectivity index (χ0v) is 16.3. The zero-order chi connectivity index (χ0) is 19.4. The molecule has 0 radical (unpaired) electrons. The molecule has 0 saturated carbocycles. The fourth-order valence-electron chi connectivity index (χ4n) is 2.42.